The van der Waals surface area contributed by atoms with E-state index in [9.17, 15) is 4.79 Å². The molecule has 0 radical (unpaired) electrons. The van der Waals surface area contributed by atoms with Crippen molar-refractivity contribution < 1.29 is 9.90 Å². The van der Waals surface area contributed by atoms with E-state index in [0.29, 0.717) is 15.5 Å². The Morgan fingerprint density at radius 2 is 2.46 bits per heavy atom. The quantitative estimate of drug-likeness (QED) is 0.908. The molecule has 0 spiro atoms. The highest BCUT2D eigenvalue weighted by molar-refractivity contribution is 9.11. The largest absolute Gasteiger partial charge is 0.465 e. The Bertz CT molecular complexity index is 330. The lowest BCUT2D eigenvalue weighted by Crippen LogP contribution is -2.28. The molecule has 1 heterocycles. The van der Waals surface area contributed by atoms with Gasteiger partial charge in [0.2, 0.25) is 0 Å². The van der Waals surface area contributed by atoms with Gasteiger partial charge in [-0.2, -0.15) is 0 Å². The highest BCUT2D eigenvalue weighted by Gasteiger charge is 2.19. The van der Waals surface area contributed by atoms with Gasteiger partial charge in [-0.05, 0) is 22.9 Å². The molecule has 7 heteroatoms. The average molecular weight is 286 g/mol. The third-order valence-electron chi connectivity index (χ3n) is 1.34. The SMILES string of the molecule is CCN(C(=O)O)c1sc(Br)nc1Cl. The molecule has 13 heavy (non-hydrogen) atoms. The van der Waals surface area contributed by atoms with Gasteiger partial charge in [0.25, 0.3) is 0 Å². The zero-order valence-corrected chi connectivity index (χ0v) is 9.78. The Morgan fingerprint density at radius 1 is 1.85 bits per heavy atom. The zero-order chi connectivity index (χ0) is 10.0. The second kappa shape index (κ2) is 4.26. The summed E-state index contributed by atoms with van der Waals surface area (Å²) in [6.45, 7) is 2.09. The van der Waals surface area contributed by atoms with Crippen LogP contribution in [0.25, 0.3) is 0 Å². The van der Waals surface area contributed by atoms with Crippen molar-refractivity contribution in [3.05, 3.63) is 9.07 Å². The Morgan fingerprint density at radius 3 is 2.77 bits per heavy atom. The highest BCUT2D eigenvalue weighted by Crippen LogP contribution is 2.35. The van der Waals surface area contributed by atoms with E-state index in [4.69, 9.17) is 16.7 Å². The van der Waals surface area contributed by atoms with Gasteiger partial charge in [0.15, 0.2) is 9.07 Å². The number of hydrogen-bond donors (Lipinski definition) is 1. The number of carbonyl (C=O) groups is 1. The molecule has 0 aliphatic carbocycles. The minimum absolute atomic E-state index is 0.209. The fourth-order valence-electron chi connectivity index (χ4n) is 0.802. The van der Waals surface area contributed by atoms with E-state index >= 15 is 0 Å². The number of rotatable bonds is 2. The normalized spacial score (nSPS) is 10.1. The number of carboxylic acid groups (broad SMARTS) is 1. The number of thiazole rings is 1. The fraction of sp³-hybridized carbons (Fsp3) is 0.333. The Labute approximate surface area is 92.3 Å². The molecule has 1 N–H and O–H groups in total. The predicted molar refractivity (Wildman–Crippen MR) is 55.9 cm³/mol. The fourth-order valence-corrected chi connectivity index (χ4v) is 2.64. The van der Waals surface area contributed by atoms with Crippen LogP contribution in [0.3, 0.4) is 0 Å². The number of aromatic nitrogens is 1. The molecule has 1 aromatic heterocycles. The summed E-state index contributed by atoms with van der Waals surface area (Å²) in [7, 11) is 0. The van der Waals surface area contributed by atoms with Gasteiger partial charge in [0, 0.05) is 6.54 Å². The lowest BCUT2D eigenvalue weighted by Gasteiger charge is -2.13. The van der Waals surface area contributed by atoms with Crippen molar-refractivity contribution in [2.45, 2.75) is 6.92 Å². The molecule has 0 unspecified atom stereocenters. The summed E-state index contributed by atoms with van der Waals surface area (Å²) in [6.07, 6.45) is -1.03. The van der Waals surface area contributed by atoms with Crippen LogP contribution in [0.5, 0.6) is 0 Å². The van der Waals surface area contributed by atoms with Gasteiger partial charge in [0.1, 0.15) is 5.00 Å². The first-order valence-electron chi connectivity index (χ1n) is 3.38. The smallest absolute Gasteiger partial charge is 0.412 e. The minimum Gasteiger partial charge on any atom is -0.465 e. The Balaban J connectivity index is 3.04. The number of hydrogen-bond acceptors (Lipinski definition) is 3. The predicted octanol–water partition coefficient (Wildman–Crippen LogP) is 3.06. The van der Waals surface area contributed by atoms with Crippen LogP contribution >= 0.6 is 38.9 Å². The Kier molecular flexibility index (Phi) is 3.52. The molecule has 0 saturated heterocycles. The van der Waals surface area contributed by atoms with E-state index in [-0.39, 0.29) is 5.15 Å². The second-order valence-electron chi connectivity index (χ2n) is 2.09. The van der Waals surface area contributed by atoms with Gasteiger partial charge in [-0.25, -0.2) is 9.78 Å². The maximum absolute atomic E-state index is 10.7. The van der Waals surface area contributed by atoms with E-state index in [0.717, 1.165) is 4.90 Å². The third-order valence-corrected chi connectivity index (χ3v) is 3.24. The summed E-state index contributed by atoms with van der Waals surface area (Å²) in [4.78, 5) is 15.7. The summed E-state index contributed by atoms with van der Waals surface area (Å²) in [5.41, 5.74) is 0. The molecule has 72 valence electrons. The minimum atomic E-state index is -1.03. The van der Waals surface area contributed by atoms with Crippen LogP contribution in [0.1, 0.15) is 6.92 Å². The van der Waals surface area contributed by atoms with Crippen LogP contribution in [0.15, 0.2) is 3.92 Å². The molecule has 0 saturated carbocycles. The zero-order valence-electron chi connectivity index (χ0n) is 6.62. The molecule has 1 aromatic rings. The molecule has 0 fully saturated rings. The number of halogens is 2. The molecule has 1 rings (SSSR count). The molecule has 0 bridgehead atoms. The molecule has 4 nitrogen and oxygen atoms in total. The lowest BCUT2D eigenvalue weighted by molar-refractivity contribution is 0.202. The van der Waals surface area contributed by atoms with Gasteiger partial charge in [0.05, 0.1) is 0 Å². The lowest BCUT2D eigenvalue weighted by atomic mass is 10.6. The second-order valence-corrected chi connectivity index (χ2v) is 4.70. The van der Waals surface area contributed by atoms with Crippen molar-refractivity contribution in [2.24, 2.45) is 0 Å². The highest BCUT2D eigenvalue weighted by atomic mass is 79.9. The van der Waals surface area contributed by atoms with Crippen LogP contribution in [0.4, 0.5) is 9.80 Å². The van der Waals surface area contributed by atoms with Gasteiger partial charge < -0.3 is 5.11 Å². The van der Waals surface area contributed by atoms with Gasteiger partial charge in [-0.1, -0.05) is 22.9 Å². The van der Waals surface area contributed by atoms with Gasteiger partial charge in [-0.3, -0.25) is 4.90 Å². The van der Waals surface area contributed by atoms with E-state index < -0.39 is 6.09 Å². The molecule has 0 aliphatic heterocycles. The van der Waals surface area contributed by atoms with Crippen LogP contribution in [-0.2, 0) is 0 Å². The van der Waals surface area contributed by atoms with Crippen molar-refractivity contribution in [3.8, 4) is 0 Å². The van der Waals surface area contributed by atoms with E-state index in [1.807, 2.05) is 0 Å². The first-order valence-corrected chi connectivity index (χ1v) is 5.37. The summed E-state index contributed by atoms with van der Waals surface area (Å²) in [5, 5.41) is 9.45. The summed E-state index contributed by atoms with van der Waals surface area (Å²) in [5.74, 6) is 0. The van der Waals surface area contributed by atoms with Crippen LogP contribution in [-0.4, -0.2) is 22.7 Å². The van der Waals surface area contributed by atoms with E-state index in [2.05, 4.69) is 20.9 Å². The molecule has 1 amide bonds. The summed E-state index contributed by atoms with van der Waals surface area (Å²) < 4.78 is 0.576. The third kappa shape index (κ3) is 2.32. The maximum Gasteiger partial charge on any atom is 0.412 e. The molecular weight excluding hydrogens is 280 g/mol. The van der Waals surface area contributed by atoms with Crippen molar-refractivity contribution in [2.75, 3.05) is 11.4 Å². The summed E-state index contributed by atoms with van der Waals surface area (Å²) >= 11 is 10.1. The summed E-state index contributed by atoms with van der Waals surface area (Å²) in [6, 6.07) is 0. The van der Waals surface area contributed by atoms with Crippen molar-refractivity contribution in [3.63, 3.8) is 0 Å². The monoisotopic (exact) mass is 284 g/mol. The van der Waals surface area contributed by atoms with Gasteiger partial charge >= 0.3 is 6.09 Å². The molecular formula is C6H6BrClN2O2S. The van der Waals surface area contributed by atoms with Crippen molar-refractivity contribution >= 4 is 50.0 Å². The van der Waals surface area contributed by atoms with Crippen molar-refractivity contribution in [1.82, 2.24) is 4.98 Å². The van der Waals surface area contributed by atoms with Gasteiger partial charge in [-0.15, -0.1) is 0 Å². The molecule has 0 aliphatic rings. The van der Waals surface area contributed by atoms with E-state index in [1.54, 1.807) is 6.92 Å². The van der Waals surface area contributed by atoms with Crippen LogP contribution < -0.4 is 4.90 Å². The number of amides is 1. The van der Waals surface area contributed by atoms with Crippen LogP contribution in [0, 0.1) is 0 Å². The Hall–Kier alpha value is -0.330. The molecule has 0 aromatic carbocycles. The average Bonchev–Trinajstić information content (AvgIpc) is 2.31. The first kappa shape index (κ1) is 10.7. The number of anilines is 1. The molecule has 0 atom stereocenters. The topological polar surface area (TPSA) is 53.4 Å². The number of nitrogens with zero attached hydrogens (tertiary/aromatic N) is 2. The van der Waals surface area contributed by atoms with Crippen LogP contribution in [0.2, 0.25) is 5.15 Å². The standard InChI is InChI=1S/C6H6BrClN2O2S/c1-2-10(6(11)12)4-3(8)9-5(7)13-4/h2H2,1H3,(H,11,12). The van der Waals surface area contributed by atoms with E-state index in [1.165, 1.54) is 11.3 Å². The van der Waals surface area contributed by atoms with Crippen molar-refractivity contribution in [1.29, 1.82) is 0 Å². The maximum atomic E-state index is 10.7. The first-order chi connectivity index (χ1) is 6.06.